The van der Waals surface area contributed by atoms with E-state index < -0.39 is 0 Å². The molecule has 1 rings (SSSR count). The lowest BCUT2D eigenvalue weighted by Crippen LogP contribution is -2.10. The third kappa shape index (κ3) is 2.85. The Morgan fingerprint density at radius 1 is 1.21 bits per heavy atom. The van der Waals surface area contributed by atoms with E-state index in [1.54, 1.807) is 0 Å². The van der Waals surface area contributed by atoms with Crippen molar-refractivity contribution in [3.8, 4) is 0 Å². The zero-order valence-corrected chi connectivity index (χ0v) is 9.33. The highest BCUT2D eigenvalue weighted by molar-refractivity contribution is 5.30. The van der Waals surface area contributed by atoms with Gasteiger partial charge in [0.2, 0.25) is 0 Å². The first-order valence-corrected chi connectivity index (χ1v) is 5.41. The van der Waals surface area contributed by atoms with E-state index in [0.29, 0.717) is 5.92 Å². The SMILES string of the molecule is CC[C@H](O)Cc1ccccc1C(C)C. The van der Waals surface area contributed by atoms with Gasteiger partial charge in [-0.25, -0.2) is 0 Å². The summed E-state index contributed by atoms with van der Waals surface area (Å²) in [5.74, 6) is 0.537. The Balaban J connectivity index is 2.84. The minimum atomic E-state index is -0.199. The Morgan fingerprint density at radius 2 is 1.86 bits per heavy atom. The van der Waals surface area contributed by atoms with Gasteiger partial charge in [0.1, 0.15) is 0 Å². The van der Waals surface area contributed by atoms with Gasteiger partial charge in [0.15, 0.2) is 0 Å². The molecule has 0 fully saturated rings. The third-order valence-electron chi connectivity index (χ3n) is 2.60. The summed E-state index contributed by atoms with van der Waals surface area (Å²) in [6.45, 7) is 6.40. The molecule has 1 nitrogen and oxygen atoms in total. The molecule has 0 saturated heterocycles. The lowest BCUT2D eigenvalue weighted by Gasteiger charge is -2.14. The molecule has 1 atom stereocenters. The monoisotopic (exact) mass is 192 g/mol. The first kappa shape index (κ1) is 11.3. The van der Waals surface area contributed by atoms with Crippen LogP contribution >= 0.6 is 0 Å². The summed E-state index contributed by atoms with van der Waals surface area (Å²) in [6.07, 6.45) is 1.41. The summed E-state index contributed by atoms with van der Waals surface area (Å²) in [5.41, 5.74) is 2.65. The van der Waals surface area contributed by atoms with Gasteiger partial charge >= 0.3 is 0 Å². The topological polar surface area (TPSA) is 20.2 Å². The van der Waals surface area contributed by atoms with Crippen LogP contribution in [0.2, 0.25) is 0 Å². The van der Waals surface area contributed by atoms with Crippen LogP contribution in [0, 0.1) is 0 Å². The highest BCUT2D eigenvalue weighted by atomic mass is 16.3. The van der Waals surface area contributed by atoms with Crippen LogP contribution in [-0.4, -0.2) is 11.2 Å². The molecule has 1 heteroatoms. The molecule has 14 heavy (non-hydrogen) atoms. The smallest absolute Gasteiger partial charge is 0.0578 e. The molecule has 0 radical (unpaired) electrons. The van der Waals surface area contributed by atoms with Crippen LogP contribution in [0.4, 0.5) is 0 Å². The minimum absolute atomic E-state index is 0.199. The number of aliphatic hydroxyl groups excluding tert-OH is 1. The molecule has 0 unspecified atom stereocenters. The fraction of sp³-hybridized carbons (Fsp3) is 0.538. The highest BCUT2D eigenvalue weighted by Crippen LogP contribution is 2.20. The van der Waals surface area contributed by atoms with Crippen LogP contribution in [0.15, 0.2) is 24.3 Å². The van der Waals surface area contributed by atoms with Crippen LogP contribution in [-0.2, 0) is 6.42 Å². The van der Waals surface area contributed by atoms with Gasteiger partial charge in [-0.05, 0) is 29.9 Å². The maximum atomic E-state index is 9.62. The maximum Gasteiger partial charge on any atom is 0.0578 e. The maximum absolute atomic E-state index is 9.62. The molecule has 78 valence electrons. The van der Waals surface area contributed by atoms with Crippen LogP contribution in [0.25, 0.3) is 0 Å². The molecule has 1 aromatic carbocycles. The number of benzene rings is 1. The van der Waals surface area contributed by atoms with Gasteiger partial charge in [-0.3, -0.25) is 0 Å². The molecule has 0 aromatic heterocycles. The molecule has 1 N–H and O–H groups in total. The molecule has 0 aliphatic rings. The second kappa shape index (κ2) is 5.16. The van der Waals surface area contributed by atoms with Crippen molar-refractivity contribution in [1.29, 1.82) is 0 Å². The standard InChI is InChI=1S/C13H20O/c1-4-12(14)9-11-7-5-6-8-13(11)10(2)3/h5-8,10,12,14H,4,9H2,1-3H3/t12-/m0/s1. The highest BCUT2D eigenvalue weighted by Gasteiger charge is 2.08. The molecule has 0 aliphatic heterocycles. The summed E-state index contributed by atoms with van der Waals surface area (Å²) < 4.78 is 0. The largest absolute Gasteiger partial charge is 0.393 e. The zero-order chi connectivity index (χ0) is 10.6. The summed E-state index contributed by atoms with van der Waals surface area (Å²) in [7, 11) is 0. The fourth-order valence-corrected chi connectivity index (χ4v) is 1.68. The van der Waals surface area contributed by atoms with Crippen LogP contribution < -0.4 is 0 Å². The second-order valence-corrected chi connectivity index (χ2v) is 4.12. The molecular weight excluding hydrogens is 172 g/mol. The summed E-state index contributed by atoms with van der Waals surface area (Å²) in [5, 5.41) is 9.62. The summed E-state index contributed by atoms with van der Waals surface area (Å²) >= 11 is 0. The lowest BCUT2D eigenvalue weighted by atomic mass is 9.93. The van der Waals surface area contributed by atoms with Crippen molar-refractivity contribution in [2.45, 2.75) is 45.6 Å². The van der Waals surface area contributed by atoms with E-state index >= 15 is 0 Å². The molecule has 0 heterocycles. The van der Waals surface area contributed by atoms with Gasteiger partial charge in [-0.15, -0.1) is 0 Å². The van der Waals surface area contributed by atoms with Crippen LogP contribution in [0.1, 0.15) is 44.2 Å². The summed E-state index contributed by atoms with van der Waals surface area (Å²) in [6, 6.07) is 8.39. The molecule has 0 saturated carbocycles. The summed E-state index contributed by atoms with van der Waals surface area (Å²) in [4.78, 5) is 0. The Hall–Kier alpha value is -0.820. The van der Waals surface area contributed by atoms with Gasteiger partial charge in [-0.1, -0.05) is 45.0 Å². The zero-order valence-electron chi connectivity index (χ0n) is 9.33. The third-order valence-corrected chi connectivity index (χ3v) is 2.60. The average molecular weight is 192 g/mol. The van der Waals surface area contributed by atoms with Crippen molar-refractivity contribution in [2.24, 2.45) is 0 Å². The second-order valence-electron chi connectivity index (χ2n) is 4.12. The molecule has 0 spiro atoms. The van der Waals surface area contributed by atoms with Gasteiger partial charge in [-0.2, -0.15) is 0 Å². The first-order valence-electron chi connectivity index (χ1n) is 5.41. The Labute approximate surface area is 86.8 Å². The predicted molar refractivity (Wildman–Crippen MR) is 60.5 cm³/mol. The van der Waals surface area contributed by atoms with Crippen molar-refractivity contribution in [3.05, 3.63) is 35.4 Å². The number of rotatable bonds is 4. The molecule has 0 aliphatic carbocycles. The van der Waals surface area contributed by atoms with E-state index in [0.717, 1.165) is 12.8 Å². The first-order chi connectivity index (χ1) is 6.65. The number of aliphatic hydroxyl groups is 1. The van der Waals surface area contributed by atoms with Crippen molar-refractivity contribution >= 4 is 0 Å². The Morgan fingerprint density at radius 3 is 2.43 bits per heavy atom. The van der Waals surface area contributed by atoms with Crippen LogP contribution in [0.3, 0.4) is 0 Å². The van der Waals surface area contributed by atoms with E-state index in [4.69, 9.17) is 0 Å². The normalized spacial score (nSPS) is 13.2. The van der Waals surface area contributed by atoms with E-state index in [9.17, 15) is 5.11 Å². The average Bonchev–Trinajstić information content (AvgIpc) is 2.18. The molecule has 0 amide bonds. The van der Waals surface area contributed by atoms with Crippen LogP contribution in [0.5, 0.6) is 0 Å². The predicted octanol–water partition coefficient (Wildman–Crippen LogP) is 3.12. The lowest BCUT2D eigenvalue weighted by molar-refractivity contribution is 0.170. The fourth-order valence-electron chi connectivity index (χ4n) is 1.68. The van der Waals surface area contributed by atoms with Gasteiger partial charge in [0.25, 0.3) is 0 Å². The minimum Gasteiger partial charge on any atom is -0.393 e. The Kier molecular flexibility index (Phi) is 4.15. The van der Waals surface area contributed by atoms with E-state index in [1.807, 2.05) is 13.0 Å². The van der Waals surface area contributed by atoms with Gasteiger partial charge in [0.05, 0.1) is 6.10 Å². The van der Waals surface area contributed by atoms with Gasteiger partial charge in [0, 0.05) is 0 Å². The molecular formula is C13H20O. The van der Waals surface area contributed by atoms with E-state index in [1.165, 1.54) is 11.1 Å². The van der Waals surface area contributed by atoms with Crippen molar-refractivity contribution in [2.75, 3.05) is 0 Å². The van der Waals surface area contributed by atoms with Crippen molar-refractivity contribution in [3.63, 3.8) is 0 Å². The van der Waals surface area contributed by atoms with Crippen molar-refractivity contribution < 1.29 is 5.11 Å². The Bertz CT molecular complexity index is 278. The molecule has 1 aromatic rings. The van der Waals surface area contributed by atoms with Gasteiger partial charge < -0.3 is 5.11 Å². The molecule has 0 bridgehead atoms. The quantitative estimate of drug-likeness (QED) is 0.777. The van der Waals surface area contributed by atoms with E-state index in [-0.39, 0.29) is 6.10 Å². The van der Waals surface area contributed by atoms with E-state index in [2.05, 4.69) is 32.0 Å². The number of hydrogen-bond donors (Lipinski definition) is 1. The number of hydrogen-bond acceptors (Lipinski definition) is 1. The van der Waals surface area contributed by atoms with Crippen molar-refractivity contribution in [1.82, 2.24) is 0 Å².